The summed E-state index contributed by atoms with van der Waals surface area (Å²) in [5, 5.41) is 11.6. The third kappa shape index (κ3) is 3.53. The van der Waals surface area contributed by atoms with Crippen LogP contribution in [-0.2, 0) is 11.3 Å². The zero-order valence-corrected chi connectivity index (χ0v) is 12.4. The van der Waals surface area contributed by atoms with Gasteiger partial charge in [-0.3, -0.25) is 10.1 Å². The molecule has 0 aliphatic heterocycles. The Morgan fingerprint density at radius 2 is 2.00 bits per heavy atom. The predicted molar refractivity (Wildman–Crippen MR) is 80.2 cm³/mol. The summed E-state index contributed by atoms with van der Waals surface area (Å²) in [6.45, 7) is 0.0814. The molecule has 0 amide bonds. The fraction of sp³-hybridized carbons (Fsp3) is 0.133. The number of hydrogen-bond acceptors (Lipinski definition) is 5. The molecule has 2 aromatic carbocycles. The lowest BCUT2D eigenvalue weighted by molar-refractivity contribution is -0.386. The molecule has 0 heterocycles. The van der Waals surface area contributed by atoms with E-state index in [0.29, 0.717) is 10.6 Å². The maximum absolute atomic E-state index is 11.4. The second kappa shape index (κ2) is 6.91. The molecule has 0 saturated heterocycles. The monoisotopic (exact) mass is 321 g/mol. The van der Waals surface area contributed by atoms with Gasteiger partial charge in [0.05, 0.1) is 17.6 Å². The maximum Gasteiger partial charge on any atom is 0.338 e. The SMILES string of the molecule is COC(=O)c1ccc(OCc2ccccc2Cl)c([N+](=O)[O-])c1. The number of carbonyl (C=O) groups excluding carboxylic acids is 1. The predicted octanol–water partition coefficient (Wildman–Crippen LogP) is 3.61. The van der Waals surface area contributed by atoms with Crippen molar-refractivity contribution < 1.29 is 19.2 Å². The highest BCUT2D eigenvalue weighted by Crippen LogP contribution is 2.29. The molecule has 0 radical (unpaired) electrons. The Labute approximate surface area is 131 Å². The molecule has 6 nitrogen and oxygen atoms in total. The van der Waals surface area contributed by atoms with Crippen LogP contribution in [-0.4, -0.2) is 18.0 Å². The first kappa shape index (κ1) is 15.8. The number of rotatable bonds is 5. The van der Waals surface area contributed by atoms with Gasteiger partial charge >= 0.3 is 11.7 Å². The third-order valence-corrected chi connectivity index (χ3v) is 3.29. The zero-order valence-electron chi connectivity index (χ0n) is 11.6. The zero-order chi connectivity index (χ0) is 16.1. The lowest BCUT2D eigenvalue weighted by Crippen LogP contribution is -2.04. The summed E-state index contributed by atoms with van der Waals surface area (Å²) in [7, 11) is 1.20. The molecule has 0 unspecified atom stereocenters. The number of methoxy groups -OCH3 is 1. The third-order valence-electron chi connectivity index (χ3n) is 2.92. The Hall–Kier alpha value is -2.60. The summed E-state index contributed by atoms with van der Waals surface area (Å²) in [5.74, 6) is -0.599. The average Bonchev–Trinajstić information content (AvgIpc) is 2.53. The summed E-state index contributed by atoms with van der Waals surface area (Å²) in [5.41, 5.74) is 0.477. The lowest BCUT2D eigenvalue weighted by Gasteiger charge is -2.09. The average molecular weight is 322 g/mol. The van der Waals surface area contributed by atoms with Crippen molar-refractivity contribution in [2.24, 2.45) is 0 Å². The minimum Gasteiger partial charge on any atom is -0.482 e. The molecule has 0 aromatic heterocycles. The van der Waals surface area contributed by atoms with Gasteiger partial charge in [0.1, 0.15) is 6.61 Å². The minimum atomic E-state index is -0.652. The van der Waals surface area contributed by atoms with Crippen molar-refractivity contribution in [3.63, 3.8) is 0 Å². The van der Waals surface area contributed by atoms with Crippen LogP contribution < -0.4 is 4.74 Å². The summed E-state index contributed by atoms with van der Waals surface area (Å²) in [6.07, 6.45) is 0. The number of hydrogen-bond donors (Lipinski definition) is 0. The highest BCUT2D eigenvalue weighted by molar-refractivity contribution is 6.31. The van der Waals surface area contributed by atoms with Crippen LogP contribution >= 0.6 is 11.6 Å². The second-order valence-electron chi connectivity index (χ2n) is 4.31. The lowest BCUT2D eigenvalue weighted by atomic mass is 10.2. The van der Waals surface area contributed by atoms with Crippen molar-refractivity contribution in [3.05, 3.63) is 68.7 Å². The first-order chi connectivity index (χ1) is 10.5. The summed E-state index contributed by atoms with van der Waals surface area (Å²) < 4.78 is 9.99. The number of nitrogens with zero attached hydrogens (tertiary/aromatic N) is 1. The number of benzene rings is 2. The van der Waals surface area contributed by atoms with Gasteiger partial charge in [-0.05, 0) is 18.2 Å². The smallest absolute Gasteiger partial charge is 0.338 e. The van der Waals surface area contributed by atoms with E-state index in [1.165, 1.54) is 19.2 Å². The summed E-state index contributed by atoms with van der Waals surface area (Å²) in [6, 6.07) is 10.9. The van der Waals surface area contributed by atoms with Crippen molar-refractivity contribution in [1.82, 2.24) is 0 Å². The van der Waals surface area contributed by atoms with Crippen LogP contribution in [0.2, 0.25) is 5.02 Å². The van der Waals surface area contributed by atoms with Gasteiger partial charge in [-0.15, -0.1) is 0 Å². The molecule has 22 heavy (non-hydrogen) atoms. The Bertz CT molecular complexity index is 717. The van der Waals surface area contributed by atoms with Crippen molar-refractivity contribution in [1.29, 1.82) is 0 Å². The molecule has 2 aromatic rings. The maximum atomic E-state index is 11.4. The van der Waals surface area contributed by atoms with Crippen molar-refractivity contribution in [2.75, 3.05) is 7.11 Å². The molecule has 0 saturated carbocycles. The topological polar surface area (TPSA) is 78.7 Å². The molecule has 2 rings (SSSR count). The molecular weight excluding hydrogens is 310 g/mol. The fourth-order valence-electron chi connectivity index (χ4n) is 1.80. The molecule has 0 aliphatic carbocycles. The molecule has 0 fully saturated rings. The number of halogens is 1. The van der Waals surface area contributed by atoms with Gasteiger partial charge in [0.25, 0.3) is 0 Å². The van der Waals surface area contributed by atoms with E-state index in [9.17, 15) is 14.9 Å². The van der Waals surface area contributed by atoms with E-state index < -0.39 is 10.9 Å². The van der Waals surface area contributed by atoms with E-state index in [1.807, 2.05) is 0 Å². The standard InChI is InChI=1S/C15H12ClNO5/c1-21-15(18)10-6-7-14(13(8-10)17(19)20)22-9-11-4-2-3-5-12(11)16/h2-8H,9H2,1H3. The molecule has 7 heteroatoms. The van der Waals surface area contributed by atoms with E-state index in [1.54, 1.807) is 24.3 Å². The van der Waals surface area contributed by atoms with E-state index in [4.69, 9.17) is 16.3 Å². The molecule has 0 spiro atoms. The van der Waals surface area contributed by atoms with Crippen LogP contribution in [0.25, 0.3) is 0 Å². The van der Waals surface area contributed by atoms with Gasteiger partial charge in [-0.1, -0.05) is 29.8 Å². The van der Waals surface area contributed by atoms with Crippen molar-refractivity contribution >= 4 is 23.3 Å². The fourth-order valence-corrected chi connectivity index (χ4v) is 1.99. The summed E-state index contributed by atoms with van der Waals surface area (Å²) >= 11 is 6.00. The van der Waals surface area contributed by atoms with Crippen LogP contribution in [0, 0.1) is 10.1 Å². The van der Waals surface area contributed by atoms with Gasteiger partial charge in [0, 0.05) is 16.7 Å². The van der Waals surface area contributed by atoms with Crippen molar-refractivity contribution in [2.45, 2.75) is 6.61 Å². The van der Waals surface area contributed by atoms with Crippen molar-refractivity contribution in [3.8, 4) is 5.75 Å². The number of carbonyl (C=O) groups is 1. The number of nitro groups is 1. The molecule has 0 bridgehead atoms. The van der Waals surface area contributed by atoms with E-state index in [0.717, 1.165) is 6.07 Å². The van der Waals surface area contributed by atoms with Crippen LogP contribution in [0.1, 0.15) is 15.9 Å². The molecule has 0 N–H and O–H groups in total. The highest BCUT2D eigenvalue weighted by atomic mass is 35.5. The Morgan fingerprint density at radius 3 is 2.64 bits per heavy atom. The van der Waals surface area contributed by atoms with Gasteiger partial charge in [-0.2, -0.15) is 0 Å². The number of esters is 1. The van der Waals surface area contributed by atoms with E-state index in [2.05, 4.69) is 4.74 Å². The van der Waals surface area contributed by atoms with Crippen LogP contribution in [0.5, 0.6) is 5.75 Å². The van der Waals surface area contributed by atoms with Crippen LogP contribution in [0.15, 0.2) is 42.5 Å². The van der Waals surface area contributed by atoms with Gasteiger partial charge in [0.15, 0.2) is 5.75 Å². The Balaban J connectivity index is 2.25. The van der Waals surface area contributed by atoms with E-state index >= 15 is 0 Å². The summed E-state index contributed by atoms with van der Waals surface area (Å²) in [4.78, 5) is 21.9. The Kier molecular flexibility index (Phi) is 4.95. The normalized spacial score (nSPS) is 10.1. The van der Waals surface area contributed by atoms with Crippen LogP contribution in [0.4, 0.5) is 5.69 Å². The van der Waals surface area contributed by atoms with Gasteiger partial charge < -0.3 is 9.47 Å². The van der Waals surface area contributed by atoms with Crippen LogP contribution in [0.3, 0.4) is 0 Å². The minimum absolute atomic E-state index is 0.0533. The van der Waals surface area contributed by atoms with E-state index in [-0.39, 0.29) is 23.6 Å². The highest BCUT2D eigenvalue weighted by Gasteiger charge is 2.19. The first-order valence-corrected chi connectivity index (χ1v) is 6.63. The Morgan fingerprint density at radius 1 is 1.27 bits per heavy atom. The molecule has 0 atom stereocenters. The molecular formula is C15H12ClNO5. The first-order valence-electron chi connectivity index (χ1n) is 6.26. The molecule has 114 valence electrons. The largest absolute Gasteiger partial charge is 0.482 e. The number of ether oxygens (including phenoxy) is 2. The molecule has 0 aliphatic rings. The number of nitro benzene ring substituents is 1. The van der Waals surface area contributed by atoms with Gasteiger partial charge in [0.2, 0.25) is 0 Å². The van der Waals surface area contributed by atoms with Gasteiger partial charge in [-0.25, -0.2) is 4.79 Å². The second-order valence-corrected chi connectivity index (χ2v) is 4.72. The quantitative estimate of drug-likeness (QED) is 0.477.